The van der Waals surface area contributed by atoms with Crippen LogP contribution in [0.15, 0.2) is 61.1 Å². The molecule has 0 spiro atoms. The van der Waals surface area contributed by atoms with Crippen LogP contribution in [0, 0.1) is 0 Å². The van der Waals surface area contributed by atoms with Crippen molar-refractivity contribution in [3.05, 3.63) is 66.9 Å². The highest BCUT2D eigenvalue weighted by molar-refractivity contribution is 6.01. The second-order valence-electron chi connectivity index (χ2n) is 11.0. The summed E-state index contributed by atoms with van der Waals surface area (Å²) in [6.07, 6.45) is 5.06. The molecule has 0 aliphatic carbocycles. The first kappa shape index (κ1) is 29.1. The molecule has 12 nitrogen and oxygen atoms in total. The molecule has 0 radical (unpaired) electrons. The number of rotatable bonds is 8. The van der Waals surface area contributed by atoms with E-state index >= 15 is 0 Å². The van der Waals surface area contributed by atoms with Crippen LogP contribution in [0.5, 0.6) is 23.0 Å². The van der Waals surface area contributed by atoms with E-state index in [2.05, 4.69) is 35.6 Å². The minimum atomic E-state index is -0.450. The zero-order valence-electron chi connectivity index (χ0n) is 25.1. The van der Waals surface area contributed by atoms with Crippen molar-refractivity contribution in [2.45, 2.75) is 26.2 Å². The van der Waals surface area contributed by atoms with E-state index in [0.717, 1.165) is 11.2 Å². The first-order valence-electron chi connectivity index (χ1n) is 13.5. The van der Waals surface area contributed by atoms with Gasteiger partial charge >= 0.3 is 6.03 Å². The van der Waals surface area contributed by atoms with Crippen LogP contribution in [-0.4, -0.2) is 59.3 Å². The molecule has 0 aliphatic rings. The van der Waals surface area contributed by atoms with Crippen molar-refractivity contribution in [1.82, 2.24) is 24.9 Å². The van der Waals surface area contributed by atoms with Gasteiger partial charge in [-0.2, -0.15) is 0 Å². The predicted octanol–water partition coefficient (Wildman–Crippen LogP) is 6.23. The summed E-state index contributed by atoms with van der Waals surface area (Å²) in [5.41, 5.74) is 2.32. The van der Waals surface area contributed by atoms with Crippen LogP contribution in [0.4, 0.5) is 22.2 Å². The zero-order valence-corrected chi connectivity index (χ0v) is 25.1. The number of H-pyrrole nitrogens is 1. The Morgan fingerprint density at radius 3 is 2.19 bits per heavy atom. The molecular formula is C31H34N8O4. The summed E-state index contributed by atoms with van der Waals surface area (Å²) >= 11 is 0. The normalized spacial score (nSPS) is 11.2. The molecule has 0 atom stereocenters. The van der Waals surface area contributed by atoms with Gasteiger partial charge in [0.05, 0.1) is 25.4 Å². The molecule has 0 saturated carbocycles. The molecule has 0 bridgehead atoms. The Labute approximate surface area is 249 Å². The third kappa shape index (κ3) is 6.43. The van der Waals surface area contributed by atoms with Gasteiger partial charge in [0.1, 0.15) is 17.3 Å². The van der Waals surface area contributed by atoms with Crippen LogP contribution in [-0.2, 0) is 5.41 Å². The van der Waals surface area contributed by atoms with E-state index in [1.807, 2.05) is 45.8 Å². The quantitative estimate of drug-likeness (QED) is 0.194. The standard InChI is InChI=1S/C31H34N8O4/c1-31(2,3)28-36-26(18-16-33-29(34-17-18)39(4)5)27(37-28)38-30(40)35-19-8-10-20(11-9-19)43-23-12-13-32-22-15-25(42-7)24(41-6)14-21(22)23/h8-17H,1-7H3,(H,36,37)(H2,35,38,40). The highest BCUT2D eigenvalue weighted by Crippen LogP contribution is 2.37. The number of nitrogens with zero attached hydrogens (tertiary/aromatic N) is 5. The molecule has 5 rings (SSSR count). The van der Waals surface area contributed by atoms with Gasteiger partial charge in [-0.3, -0.25) is 10.3 Å². The fourth-order valence-corrected chi connectivity index (χ4v) is 4.25. The fourth-order valence-electron chi connectivity index (χ4n) is 4.25. The molecule has 3 aromatic heterocycles. The molecular weight excluding hydrogens is 548 g/mol. The van der Waals surface area contributed by atoms with E-state index in [9.17, 15) is 4.79 Å². The fraction of sp³-hybridized carbons (Fsp3) is 0.258. The van der Waals surface area contributed by atoms with Crippen molar-refractivity contribution in [3.63, 3.8) is 0 Å². The topological polar surface area (TPSA) is 139 Å². The number of methoxy groups -OCH3 is 2. The lowest BCUT2D eigenvalue weighted by atomic mass is 9.96. The minimum absolute atomic E-state index is 0.275. The monoisotopic (exact) mass is 582 g/mol. The summed E-state index contributed by atoms with van der Waals surface area (Å²) in [4.78, 5) is 36.0. The lowest BCUT2D eigenvalue weighted by molar-refractivity contribution is 0.262. The maximum atomic E-state index is 13.0. The van der Waals surface area contributed by atoms with Crippen LogP contribution in [0.3, 0.4) is 0 Å². The number of nitrogens with one attached hydrogen (secondary N) is 3. The molecule has 0 aliphatic heterocycles. The van der Waals surface area contributed by atoms with Crippen molar-refractivity contribution in [2.75, 3.05) is 43.8 Å². The van der Waals surface area contributed by atoms with E-state index in [4.69, 9.17) is 14.2 Å². The maximum Gasteiger partial charge on any atom is 0.324 e. The Morgan fingerprint density at radius 1 is 0.884 bits per heavy atom. The van der Waals surface area contributed by atoms with E-state index in [1.54, 1.807) is 69.2 Å². The average Bonchev–Trinajstić information content (AvgIpc) is 3.42. The number of aromatic amines is 1. The Morgan fingerprint density at radius 2 is 1.56 bits per heavy atom. The van der Waals surface area contributed by atoms with Crippen LogP contribution in [0.2, 0.25) is 0 Å². The third-order valence-corrected chi connectivity index (χ3v) is 6.52. The summed E-state index contributed by atoms with van der Waals surface area (Å²) in [5.74, 6) is 4.02. The van der Waals surface area contributed by atoms with Crippen molar-refractivity contribution in [2.24, 2.45) is 0 Å². The maximum absolute atomic E-state index is 13.0. The van der Waals surface area contributed by atoms with Crippen LogP contribution >= 0.6 is 0 Å². The van der Waals surface area contributed by atoms with Gasteiger partial charge in [0.25, 0.3) is 0 Å². The highest BCUT2D eigenvalue weighted by atomic mass is 16.5. The lowest BCUT2D eigenvalue weighted by Gasteiger charge is -2.14. The largest absolute Gasteiger partial charge is 0.493 e. The van der Waals surface area contributed by atoms with Gasteiger partial charge in [-0.25, -0.2) is 19.7 Å². The van der Waals surface area contributed by atoms with Crippen LogP contribution in [0.1, 0.15) is 26.6 Å². The SMILES string of the molecule is COc1cc2nccc(Oc3ccc(NC(=O)Nc4nc(C(C)(C)C)[nH]c4-c4cnc(N(C)C)nc4)cc3)c2cc1OC. The molecule has 3 heterocycles. The van der Waals surface area contributed by atoms with Gasteiger partial charge in [-0.1, -0.05) is 20.8 Å². The number of fused-ring (bicyclic) bond motifs is 1. The molecule has 43 heavy (non-hydrogen) atoms. The highest BCUT2D eigenvalue weighted by Gasteiger charge is 2.23. The Balaban J connectivity index is 1.31. The number of carbonyl (C=O) groups is 1. The summed E-state index contributed by atoms with van der Waals surface area (Å²) in [6.45, 7) is 6.12. The first-order valence-corrected chi connectivity index (χ1v) is 13.5. The molecule has 12 heteroatoms. The molecule has 222 valence electrons. The number of carbonyl (C=O) groups excluding carboxylic acids is 1. The van der Waals surface area contributed by atoms with Crippen molar-refractivity contribution in [3.8, 4) is 34.3 Å². The van der Waals surface area contributed by atoms with E-state index < -0.39 is 6.03 Å². The van der Waals surface area contributed by atoms with E-state index in [-0.39, 0.29) is 5.41 Å². The summed E-state index contributed by atoms with van der Waals surface area (Å²) in [6, 6.07) is 12.0. The number of imidazole rings is 1. The second kappa shape index (κ2) is 11.8. The number of benzene rings is 2. The van der Waals surface area contributed by atoms with Crippen LogP contribution in [0.25, 0.3) is 22.2 Å². The van der Waals surface area contributed by atoms with Gasteiger partial charge in [0, 0.05) is 60.8 Å². The van der Waals surface area contributed by atoms with Gasteiger partial charge in [-0.15, -0.1) is 0 Å². The third-order valence-electron chi connectivity index (χ3n) is 6.52. The number of hydrogen-bond acceptors (Lipinski definition) is 9. The zero-order chi connectivity index (χ0) is 30.7. The minimum Gasteiger partial charge on any atom is -0.493 e. The number of hydrogen-bond donors (Lipinski definition) is 3. The van der Waals surface area contributed by atoms with Crippen molar-refractivity contribution >= 4 is 34.4 Å². The predicted molar refractivity (Wildman–Crippen MR) is 167 cm³/mol. The van der Waals surface area contributed by atoms with Crippen LogP contribution < -0.4 is 29.7 Å². The van der Waals surface area contributed by atoms with Gasteiger partial charge in [0.2, 0.25) is 5.95 Å². The number of anilines is 3. The summed E-state index contributed by atoms with van der Waals surface area (Å²) in [7, 11) is 6.90. The van der Waals surface area contributed by atoms with Gasteiger partial charge in [0.15, 0.2) is 17.3 Å². The van der Waals surface area contributed by atoms with Crippen molar-refractivity contribution < 1.29 is 19.0 Å². The first-order chi connectivity index (χ1) is 20.5. The van der Waals surface area contributed by atoms with Gasteiger partial charge in [-0.05, 0) is 36.4 Å². The number of amides is 2. The average molecular weight is 583 g/mol. The summed E-state index contributed by atoms with van der Waals surface area (Å²) in [5, 5.41) is 6.49. The van der Waals surface area contributed by atoms with E-state index in [0.29, 0.717) is 57.2 Å². The number of urea groups is 1. The number of ether oxygens (including phenoxy) is 3. The smallest absolute Gasteiger partial charge is 0.324 e. The Hall–Kier alpha value is -5.39. The molecule has 0 saturated heterocycles. The molecule has 2 amide bonds. The summed E-state index contributed by atoms with van der Waals surface area (Å²) < 4.78 is 17.0. The number of pyridine rings is 1. The molecule has 0 fully saturated rings. The van der Waals surface area contributed by atoms with Crippen molar-refractivity contribution in [1.29, 1.82) is 0 Å². The van der Waals surface area contributed by atoms with Gasteiger partial charge < -0.3 is 29.4 Å². The molecule has 3 N–H and O–H groups in total. The van der Waals surface area contributed by atoms with E-state index in [1.165, 1.54) is 0 Å². The second-order valence-corrected chi connectivity index (χ2v) is 11.0. The molecule has 5 aromatic rings. The lowest BCUT2D eigenvalue weighted by Crippen LogP contribution is -2.20. The Bertz CT molecular complexity index is 1740. The Kier molecular flexibility index (Phi) is 8.02. The number of aromatic nitrogens is 5. The molecule has 0 unspecified atom stereocenters. The molecule has 2 aromatic carbocycles.